The zero-order chi connectivity index (χ0) is 34.9. The molecule has 0 fully saturated rings. The van der Waals surface area contributed by atoms with E-state index in [0.29, 0.717) is 33.3 Å². The number of hydrogen-bond acceptors (Lipinski definition) is 12. The monoisotopic (exact) mass is 658 g/mol. The van der Waals surface area contributed by atoms with E-state index >= 15 is 0 Å². The molecule has 1 aliphatic rings. The maximum atomic E-state index is 13.9. The Morgan fingerprint density at radius 3 is 1.33 bits per heavy atom. The molecule has 0 bridgehead atoms. The van der Waals surface area contributed by atoms with Crippen LogP contribution in [0.2, 0.25) is 0 Å². The van der Waals surface area contributed by atoms with Crippen LogP contribution in [-0.2, 0) is 28.7 Å². The molecule has 0 radical (unpaired) electrons. The fourth-order valence-corrected chi connectivity index (χ4v) is 5.77. The standard InChI is InChI=1S/C34H30N2O12/c1-45-17-5-7-23-15(9-17)11-21(33(43)35-23)19(13-25(37)47-3)27-29(39)31(41)28(32(42)30(27)40)20(14-26(38)48-4)22-12-16-10-18(46-2)6-8-24(16)36-34(22)44/h5-12,19-20,39,42H,13-14H2,1-4H3,(H,35,43)(H,36,44)/t19-,20-/m0/s1. The van der Waals surface area contributed by atoms with Crippen LogP contribution in [0.5, 0.6) is 11.5 Å². The number of aliphatic hydroxyl groups excluding tert-OH is 2. The molecule has 2 aromatic carbocycles. The summed E-state index contributed by atoms with van der Waals surface area (Å²) in [6.45, 7) is 0. The van der Waals surface area contributed by atoms with Gasteiger partial charge in [-0.25, -0.2) is 0 Å². The van der Waals surface area contributed by atoms with Gasteiger partial charge in [0.2, 0.25) is 11.6 Å². The molecule has 0 saturated heterocycles. The van der Waals surface area contributed by atoms with Crippen molar-refractivity contribution in [3.63, 3.8) is 0 Å². The number of aliphatic hydroxyl groups is 2. The molecule has 0 spiro atoms. The molecule has 0 aliphatic heterocycles. The van der Waals surface area contributed by atoms with Crippen LogP contribution in [0.3, 0.4) is 0 Å². The molecule has 0 amide bonds. The Labute approximate surface area is 271 Å². The maximum Gasteiger partial charge on any atom is 0.306 e. The molecule has 14 nitrogen and oxygen atoms in total. The van der Waals surface area contributed by atoms with E-state index < -0.39 is 82.0 Å². The van der Waals surface area contributed by atoms with Gasteiger partial charge in [0.15, 0.2) is 11.5 Å². The van der Waals surface area contributed by atoms with E-state index in [1.165, 1.54) is 26.4 Å². The summed E-state index contributed by atoms with van der Waals surface area (Å²) in [5.41, 5.74) is -2.64. The van der Waals surface area contributed by atoms with Crippen molar-refractivity contribution < 1.29 is 48.3 Å². The Kier molecular flexibility index (Phi) is 9.18. The van der Waals surface area contributed by atoms with Gasteiger partial charge in [-0.3, -0.25) is 28.8 Å². The molecule has 0 saturated carbocycles. The number of aromatic nitrogens is 2. The molecule has 4 N–H and O–H groups in total. The Morgan fingerprint density at radius 1 is 0.625 bits per heavy atom. The minimum Gasteiger partial charge on any atom is -0.504 e. The third-order valence-corrected chi connectivity index (χ3v) is 8.23. The number of pyridine rings is 2. The van der Waals surface area contributed by atoms with Crippen LogP contribution in [0.1, 0.15) is 35.8 Å². The molecular weight excluding hydrogens is 628 g/mol. The number of carbonyl (C=O) groups is 4. The highest BCUT2D eigenvalue weighted by Gasteiger charge is 2.44. The summed E-state index contributed by atoms with van der Waals surface area (Å²) < 4.78 is 20.0. The number of ether oxygens (including phenoxy) is 4. The maximum absolute atomic E-state index is 13.9. The van der Waals surface area contributed by atoms with Gasteiger partial charge in [-0.1, -0.05) is 0 Å². The highest BCUT2D eigenvalue weighted by atomic mass is 16.5. The number of rotatable bonds is 10. The van der Waals surface area contributed by atoms with Gasteiger partial charge in [0.25, 0.3) is 11.1 Å². The summed E-state index contributed by atoms with van der Waals surface area (Å²) in [6, 6.07) is 12.2. The quantitative estimate of drug-likeness (QED) is 0.143. The lowest BCUT2D eigenvalue weighted by Gasteiger charge is -2.27. The SMILES string of the molecule is COC(=O)C[C@H](C1=C(O)C(=O)C([C@@H](CC(=O)OC)c2cc3cc(OC)ccc3[nH]c2=O)=C(O)C1=O)c1cc2cc(OC)ccc2[nH]c1=O. The zero-order valence-electron chi connectivity index (χ0n) is 26.2. The minimum atomic E-state index is -1.58. The number of ketones is 2. The predicted octanol–water partition coefficient (Wildman–Crippen LogP) is 3.16. The van der Waals surface area contributed by atoms with Crippen LogP contribution in [0, 0.1) is 0 Å². The van der Waals surface area contributed by atoms with Crippen LogP contribution in [0.15, 0.2) is 80.8 Å². The lowest BCUT2D eigenvalue weighted by molar-refractivity contribution is -0.142. The molecule has 1 aliphatic carbocycles. The molecule has 5 rings (SSSR count). The highest BCUT2D eigenvalue weighted by Crippen LogP contribution is 2.40. The lowest BCUT2D eigenvalue weighted by Crippen LogP contribution is -2.34. The Hall–Kier alpha value is -6.18. The van der Waals surface area contributed by atoms with Crippen molar-refractivity contribution in [2.75, 3.05) is 28.4 Å². The molecule has 4 aromatic rings. The Balaban J connectivity index is 1.69. The molecule has 48 heavy (non-hydrogen) atoms. The van der Waals surface area contributed by atoms with E-state index in [4.69, 9.17) is 18.9 Å². The largest absolute Gasteiger partial charge is 0.504 e. The minimum absolute atomic E-state index is 0.203. The molecule has 2 atom stereocenters. The fourth-order valence-electron chi connectivity index (χ4n) is 5.77. The second-order valence-electron chi connectivity index (χ2n) is 10.9. The third-order valence-electron chi connectivity index (χ3n) is 8.23. The highest BCUT2D eigenvalue weighted by molar-refractivity contribution is 6.24. The first-order valence-electron chi connectivity index (χ1n) is 14.4. The van der Waals surface area contributed by atoms with Gasteiger partial charge in [0, 0.05) is 44.8 Å². The summed E-state index contributed by atoms with van der Waals surface area (Å²) in [5, 5.41) is 23.6. The smallest absolute Gasteiger partial charge is 0.306 e. The number of H-pyrrole nitrogens is 2. The summed E-state index contributed by atoms with van der Waals surface area (Å²) in [4.78, 5) is 84.9. The van der Waals surface area contributed by atoms with Crippen molar-refractivity contribution in [1.29, 1.82) is 0 Å². The number of benzene rings is 2. The van der Waals surface area contributed by atoms with Gasteiger partial charge in [-0.15, -0.1) is 0 Å². The number of Topliss-reactive ketones (excluding diaryl/α,β-unsaturated/α-hetero) is 2. The molecular formula is C34H30N2O12. The van der Waals surface area contributed by atoms with E-state index in [2.05, 4.69) is 9.97 Å². The van der Waals surface area contributed by atoms with Crippen molar-refractivity contribution in [2.45, 2.75) is 24.7 Å². The molecule has 248 valence electrons. The van der Waals surface area contributed by atoms with E-state index in [1.807, 2.05) is 0 Å². The van der Waals surface area contributed by atoms with E-state index in [1.54, 1.807) is 36.4 Å². The van der Waals surface area contributed by atoms with Crippen LogP contribution in [0.4, 0.5) is 0 Å². The first kappa shape index (κ1) is 33.2. The average molecular weight is 659 g/mol. The van der Waals surface area contributed by atoms with Crippen molar-refractivity contribution in [2.24, 2.45) is 0 Å². The number of allylic oxidation sites excluding steroid dienone is 2. The van der Waals surface area contributed by atoms with Gasteiger partial charge in [-0.05, 0) is 48.5 Å². The van der Waals surface area contributed by atoms with Crippen molar-refractivity contribution in [3.05, 3.63) is 103 Å². The molecule has 0 unspecified atom stereocenters. The van der Waals surface area contributed by atoms with E-state index in [0.717, 1.165) is 14.2 Å². The van der Waals surface area contributed by atoms with Crippen molar-refractivity contribution >= 4 is 45.3 Å². The van der Waals surface area contributed by atoms with Crippen molar-refractivity contribution in [3.8, 4) is 11.5 Å². The topological polar surface area (TPSA) is 211 Å². The molecule has 2 aromatic heterocycles. The summed E-state index contributed by atoms with van der Waals surface area (Å²) in [6.07, 6.45) is -1.37. The molecule has 2 heterocycles. The second-order valence-corrected chi connectivity index (χ2v) is 10.9. The van der Waals surface area contributed by atoms with Gasteiger partial charge in [0.1, 0.15) is 11.5 Å². The zero-order valence-corrected chi connectivity index (χ0v) is 26.2. The summed E-state index contributed by atoms with van der Waals surface area (Å²) in [5.74, 6) is -9.10. The first-order valence-corrected chi connectivity index (χ1v) is 14.4. The summed E-state index contributed by atoms with van der Waals surface area (Å²) >= 11 is 0. The third kappa shape index (κ3) is 6.02. The van der Waals surface area contributed by atoms with E-state index in [9.17, 15) is 39.0 Å². The van der Waals surface area contributed by atoms with E-state index in [-0.39, 0.29) is 11.1 Å². The number of aromatic amines is 2. The number of nitrogens with one attached hydrogen (secondary N) is 2. The number of esters is 2. The Bertz CT molecular complexity index is 2030. The van der Waals surface area contributed by atoms with Crippen LogP contribution in [-0.4, -0.2) is 72.1 Å². The normalized spacial score (nSPS) is 14.7. The van der Waals surface area contributed by atoms with Gasteiger partial charge in [0.05, 0.1) is 52.4 Å². The number of methoxy groups -OCH3 is 4. The summed E-state index contributed by atoms with van der Waals surface area (Å²) in [7, 11) is 5.01. The van der Waals surface area contributed by atoms with Gasteiger partial charge in [-0.2, -0.15) is 0 Å². The average Bonchev–Trinajstić information content (AvgIpc) is 3.08. The number of fused-ring (bicyclic) bond motifs is 2. The van der Waals surface area contributed by atoms with Crippen LogP contribution < -0.4 is 20.6 Å². The van der Waals surface area contributed by atoms with Crippen LogP contribution >= 0.6 is 0 Å². The number of hydrogen-bond donors (Lipinski definition) is 4. The Morgan fingerprint density at radius 2 is 1.00 bits per heavy atom. The number of carbonyl (C=O) groups excluding carboxylic acids is 4. The second kappa shape index (κ2) is 13.3. The van der Waals surface area contributed by atoms with Gasteiger partial charge >= 0.3 is 11.9 Å². The lowest BCUT2D eigenvalue weighted by atomic mass is 9.76. The first-order chi connectivity index (χ1) is 22.9. The fraction of sp³-hybridized carbons (Fsp3) is 0.235. The van der Waals surface area contributed by atoms with Crippen molar-refractivity contribution in [1.82, 2.24) is 9.97 Å². The van der Waals surface area contributed by atoms with Gasteiger partial charge < -0.3 is 39.1 Å². The predicted molar refractivity (Wildman–Crippen MR) is 170 cm³/mol. The van der Waals surface area contributed by atoms with Crippen LogP contribution in [0.25, 0.3) is 21.8 Å². The molecule has 14 heteroatoms.